The highest BCUT2D eigenvalue weighted by molar-refractivity contribution is 5.44. The van der Waals surface area contributed by atoms with Crippen molar-refractivity contribution in [2.45, 2.75) is 6.54 Å². The highest BCUT2D eigenvalue weighted by atomic mass is 14.9. The lowest BCUT2D eigenvalue weighted by molar-refractivity contribution is 0.824. The second kappa shape index (κ2) is 5.56. The summed E-state index contributed by atoms with van der Waals surface area (Å²) in [6, 6.07) is 8.19. The van der Waals surface area contributed by atoms with Crippen molar-refractivity contribution in [2.24, 2.45) is 5.73 Å². The monoisotopic (exact) mass is 179 g/mol. The quantitative estimate of drug-likeness (QED) is 0.585. The average molecular weight is 179 g/mol. The largest absolute Gasteiger partial charge is 0.384 e. The molecule has 0 aromatic heterocycles. The van der Waals surface area contributed by atoms with Crippen molar-refractivity contribution in [3.63, 3.8) is 0 Å². The zero-order valence-corrected chi connectivity index (χ0v) is 8.01. The third kappa shape index (κ3) is 3.44. The predicted octanol–water partition coefficient (Wildman–Crippen LogP) is 0.777. The van der Waals surface area contributed by atoms with E-state index >= 15 is 0 Å². The molecule has 0 atom stereocenters. The molecule has 0 aliphatic heterocycles. The first-order valence-electron chi connectivity index (χ1n) is 4.54. The minimum absolute atomic E-state index is 0.608. The van der Waals surface area contributed by atoms with Gasteiger partial charge >= 0.3 is 0 Å². The van der Waals surface area contributed by atoms with E-state index in [1.807, 2.05) is 19.2 Å². The van der Waals surface area contributed by atoms with Crippen LogP contribution in [0.15, 0.2) is 24.3 Å². The third-order valence-corrected chi connectivity index (χ3v) is 1.89. The fraction of sp³-hybridized carbons (Fsp3) is 0.400. The molecule has 0 aliphatic carbocycles. The van der Waals surface area contributed by atoms with Crippen molar-refractivity contribution < 1.29 is 0 Å². The van der Waals surface area contributed by atoms with Gasteiger partial charge in [0, 0.05) is 25.3 Å². The van der Waals surface area contributed by atoms with Crippen LogP contribution < -0.4 is 16.4 Å². The van der Waals surface area contributed by atoms with Gasteiger partial charge in [-0.05, 0) is 24.7 Å². The lowest BCUT2D eigenvalue weighted by atomic mass is 10.2. The summed E-state index contributed by atoms with van der Waals surface area (Å²) in [6.07, 6.45) is 0. The number of hydrogen-bond donors (Lipinski definition) is 3. The van der Waals surface area contributed by atoms with Crippen LogP contribution in [-0.4, -0.2) is 20.1 Å². The molecular formula is C10H17N3. The molecule has 1 aromatic rings. The summed E-state index contributed by atoms with van der Waals surface area (Å²) >= 11 is 0. The Labute approximate surface area is 79.3 Å². The van der Waals surface area contributed by atoms with Crippen molar-refractivity contribution in [3.05, 3.63) is 29.8 Å². The summed E-state index contributed by atoms with van der Waals surface area (Å²) in [5, 5.41) is 6.37. The van der Waals surface area contributed by atoms with E-state index in [1.165, 1.54) is 5.56 Å². The molecule has 1 rings (SSSR count). The van der Waals surface area contributed by atoms with E-state index in [-0.39, 0.29) is 0 Å². The van der Waals surface area contributed by atoms with Gasteiger partial charge in [-0.3, -0.25) is 0 Å². The summed E-state index contributed by atoms with van der Waals surface area (Å²) in [5.74, 6) is 0. The van der Waals surface area contributed by atoms with Gasteiger partial charge in [0.15, 0.2) is 0 Å². The number of hydrogen-bond acceptors (Lipinski definition) is 3. The first-order valence-corrected chi connectivity index (χ1v) is 4.54. The number of nitrogens with one attached hydrogen (secondary N) is 2. The van der Waals surface area contributed by atoms with Crippen molar-refractivity contribution in [1.82, 2.24) is 5.32 Å². The highest BCUT2D eigenvalue weighted by Gasteiger charge is 1.91. The maximum atomic E-state index is 5.49. The Kier molecular flexibility index (Phi) is 4.29. The topological polar surface area (TPSA) is 50.1 Å². The third-order valence-electron chi connectivity index (χ3n) is 1.89. The van der Waals surface area contributed by atoms with E-state index < -0.39 is 0 Å². The standard InChI is InChI=1S/C10H17N3/c1-12-6-7-13-10-4-2-9(8-11)3-5-10/h2-5,12-13H,6-8,11H2,1H3. The zero-order valence-electron chi connectivity index (χ0n) is 8.01. The number of nitrogens with two attached hydrogens (primary N) is 1. The van der Waals surface area contributed by atoms with Gasteiger partial charge < -0.3 is 16.4 Å². The van der Waals surface area contributed by atoms with Gasteiger partial charge in [0.1, 0.15) is 0 Å². The van der Waals surface area contributed by atoms with Gasteiger partial charge in [-0.15, -0.1) is 0 Å². The summed E-state index contributed by atoms with van der Waals surface area (Å²) in [7, 11) is 1.94. The Balaban J connectivity index is 2.40. The molecule has 0 amide bonds. The van der Waals surface area contributed by atoms with Crippen LogP contribution >= 0.6 is 0 Å². The van der Waals surface area contributed by atoms with Crippen LogP contribution in [0, 0.1) is 0 Å². The Morgan fingerprint density at radius 3 is 2.38 bits per heavy atom. The van der Waals surface area contributed by atoms with Crippen LogP contribution in [0.2, 0.25) is 0 Å². The number of benzene rings is 1. The SMILES string of the molecule is CNCCNc1ccc(CN)cc1. The minimum atomic E-state index is 0.608. The van der Waals surface area contributed by atoms with Gasteiger partial charge in [-0.1, -0.05) is 12.1 Å². The van der Waals surface area contributed by atoms with Crippen molar-refractivity contribution in [1.29, 1.82) is 0 Å². The lowest BCUT2D eigenvalue weighted by Crippen LogP contribution is -2.17. The molecule has 0 bridgehead atoms. The molecule has 3 nitrogen and oxygen atoms in total. The Morgan fingerprint density at radius 2 is 1.85 bits per heavy atom. The van der Waals surface area contributed by atoms with Gasteiger partial charge in [0.05, 0.1) is 0 Å². The van der Waals surface area contributed by atoms with Crippen LogP contribution in [0.3, 0.4) is 0 Å². The minimum Gasteiger partial charge on any atom is -0.384 e. The Bertz CT molecular complexity index is 230. The first-order chi connectivity index (χ1) is 6.36. The molecular weight excluding hydrogens is 162 g/mol. The number of anilines is 1. The second-order valence-electron chi connectivity index (χ2n) is 2.93. The highest BCUT2D eigenvalue weighted by Crippen LogP contribution is 2.07. The molecule has 0 radical (unpaired) electrons. The molecule has 0 saturated heterocycles. The van der Waals surface area contributed by atoms with Crippen molar-refractivity contribution >= 4 is 5.69 Å². The molecule has 0 fully saturated rings. The maximum Gasteiger partial charge on any atom is 0.0340 e. The van der Waals surface area contributed by atoms with Gasteiger partial charge in [-0.25, -0.2) is 0 Å². The van der Waals surface area contributed by atoms with E-state index in [0.29, 0.717) is 6.54 Å². The molecule has 72 valence electrons. The summed E-state index contributed by atoms with van der Waals surface area (Å²) in [4.78, 5) is 0. The van der Waals surface area contributed by atoms with Crippen LogP contribution in [-0.2, 0) is 6.54 Å². The Morgan fingerprint density at radius 1 is 1.15 bits per heavy atom. The molecule has 3 heteroatoms. The van der Waals surface area contributed by atoms with Crippen LogP contribution in [0.4, 0.5) is 5.69 Å². The molecule has 0 spiro atoms. The van der Waals surface area contributed by atoms with Crippen molar-refractivity contribution in [3.8, 4) is 0 Å². The molecule has 4 N–H and O–H groups in total. The number of rotatable bonds is 5. The van der Waals surface area contributed by atoms with Crippen LogP contribution in [0.25, 0.3) is 0 Å². The molecule has 13 heavy (non-hydrogen) atoms. The molecule has 0 heterocycles. The van der Waals surface area contributed by atoms with Gasteiger partial charge in [0.25, 0.3) is 0 Å². The van der Waals surface area contributed by atoms with Crippen LogP contribution in [0.5, 0.6) is 0 Å². The fourth-order valence-corrected chi connectivity index (χ4v) is 1.09. The lowest BCUT2D eigenvalue weighted by Gasteiger charge is -2.06. The molecule has 0 aliphatic rings. The van der Waals surface area contributed by atoms with E-state index in [4.69, 9.17) is 5.73 Å². The summed E-state index contributed by atoms with van der Waals surface area (Å²) < 4.78 is 0. The smallest absolute Gasteiger partial charge is 0.0340 e. The van der Waals surface area contributed by atoms with E-state index in [9.17, 15) is 0 Å². The van der Waals surface area contributed by atoms with Gasteiger partial charge in [-0.2, -0.15) is 0 Å². The Hall–Kier alpha value is -1.06. The first kappa shape index (κ1) is 10.0. The second-order valence-corrected chi connectivity index (χ2v) is 2.93. The van der Waals surface area contributed by atoms with E-state index in [0.717, 1.165) is 18.8 Å². The van der Waals surface area contributed by atoms with Crippen LogP contribution in [0.1, 0.15) is 5.56 Å². The molecule has 0 unspecified atom stereocenters. The molecule has 0 saturated carbocycles. The van der Waals surface area contributed by atoms with Crippen molar-refractivity contribution in [2.75, 3.05) is 25.5 Å². The van der Waals surface area contributed by atoms with E-state index in [2.05, 4.69) is 22.8 Å². The summed E-state index contributed by atoms with van der Waals surface area (Å²) in [5.41, 5.74) is 7.80. The normalized spacial score (nSPS) is 10.0. The van der Waals surface area contributed by atoms with E-state index in [1.54, 1.807) is 0 Å². The summed E-state index contributed by atoms with van der Waals surface area (Å²) in [6.45, 7) is 2.52. The predicted molar refractivity (Wildman–Crippen MR) is 56.7 cm³/mol. The fourth-order valence-electron chi connectivity index (χ4n) is 1.09. The maximum absolute atomic E-state index is 5.49. The zero-order chi connectivity index (χ0) is 9.52. The number of likely N-dealkylation sites (N-methyl/N-ethyl adjacent to an activating group) is 1. The average Bonchev–Trinajstić information content (AvgIpc) is 2.19. The molecule has 1 aromatic carbocycles. The van der Waals surface area contributed by atoms with Gasteiger partial charge in [0.2, 0.25) is 0 Å².